The Labute approximate surface area is 171 Å². The molecule has 0 aromatic carbocycles. The molecule has 0 radical (unpaired) electrons. The smallest absolute Gasteiger partial charge is 0.168 e. The van der Waals surface area contributed by atoms with Crippen molar-refractivity contribution in [3.8, 4) is 0 Å². The van der Waals surface area contributed by atoms with Gasteiger partial charge in [-0.05, 0) is 12.8 Å². The van der Waals surface area contributed by atoms with E-state index in [-0.39, 0.29) is 5.79 Å². The Bertz CT molecular complexity index is 297. The summed E-state index contributed by atoms with van der Waals surface area (Å²) >= 11 is 0. The van der Waals surface area contributed by atoms with E-state index in [1.54, 1.807) is 0 Å². The second-order valence-corrected chi connectivity index (χ2v) is 8.72. The van der Waals surface area contributed by atoms with Crippen molar-refractivity contribution in [1.29, 1.82) is 0 Å². The highest BCUT2D eigenvalue weighted by molar-refractivity contribution is 4.72. The molecule has 1 saturated heterocycles. The van der Waals surface area contributed by atoms with Crippen molar-refractivity contribution in [3.05, 3.63) is 0 Å². The molecule has 0 amide bonds. The predicted molar refractivity (Wildman–Crippen MR) is 118 cm³/mol. The number of ether oxygens (including phenoxy) is 2. The van der Waals surface area contributed by atoms with Crippen LogP contribution in [0.25, 0.3) is 0 Å². The third-order valence-corrected chi connectivity index (χ3v) is 6.26. The van der Waals surface area contributed by atoms with E-state index in [0.717, 1.165) is 26.1 Å². The molecule has 27 heavy (non-hydrogen) atoms. The van der Waals surface area contributed by atoms with E-state index in [9.17, 15) is 0 Å². The molecule has 1 aliphatic rings. The molecule has 0 aromatic rings. The lowest BCUT2D eigenvalue weighted by molar-refractivity contribution is -0.164. The zero-order valence-electron chi connectivity index (χ0n) is 18.9. The molecule has 0 atom stereocenters. The Kier molecular flexibility index (Phi) is 16.6. The summed E-state index contributed by atoms with van der Waals surface area (Å²) in [7, 11) is 0. The van der Waals surface area contributed by atoms with Gasteiger partial charge in [-0.15, -0.1) is 0 Å². The lowest BCUT2D eigenvalue weighted by atomic mass is 10.0. The average molecular weight is 383 g/mol. The van der Waals surface area contributed by atoms with E-state index in [1.165, 1.54) is 116 Å². The van der Waals surface area contributed by atoms with Gasteiger partial charge in [-0.1, -0.05) is 123 Å². The topological polar surface area (TPSA) is 18.5 Å². The number of rotatable bonds is 20. The van der Waals surface area contributed by atoms with Crippen molar-refractivity contribution in [1.82, 2.24) is 0 Å². The molecular formula is C25H50O2. The third-order valence-electron chi connectivity index (χ3n) is 6.26. The van der Waals surface area contributed by atoms with Crippen molar-refractivity contribution >= 4 is 0 Å². The van der Waals surface area contributed by atoms with Gasteiger partial charge in [-0.3, -0.25) is 0 Å². The molecule has 1 rings (SSSR count). The Morgan fingerprint density at radius 3 is 1.15 bits per heavy atom. The molecule has 0 unspecified atom stereocenters. The number of unbranched alkanes of at least 4 members (excludes halogenated alkanes) is 17. The molecule has 0 aliphatic carbocycles. The van der Waals surface area contributed by atoms with E-state index in [0.29, 0.717) is 0 Å². The van der Waals surface area contributed by atoms with Gasteiger partial charge in [0, 0.05) is 6.42 Å². The van der Waals surface area contributed by atoms with E-state index >= 15 is 0 Å². The monoisotopic (exact) mass is 382 g/mol. The third kappa shape index (κ3) is 13.7. The maximum atomic E-state index is 5.80. The van der Waals surface area contributed by atoms with Crippen LogP contribution in [-0.2, 0) is 9.47 Å². The van der Waals surface area contributed by atoms with Gasteiger partial charge in [0.25, 0.3) is 0 Å². The Morgan fingerprint density at radius 1 is 0.481 bits per heavy atom. The Balaban J connectivity index is 1.71. The largest absolute Gasteiger partial charge is 0.348 e. The van der Waals surface area contributed by atoms with Gasteiger partial charge >= 0.3 is 0 Å². The van der Waals surface area contributed by atoms with Gasteiger partial charge < -0.3 is 9.47 Å². The molecule has 0 aromatic heterocycles. The van der Waals surface area contributed by atoms with Gasteiger partial charge in [0.05, 0.1) is 13.2 Å². The maximum Gasteiger partial charge on any atom is 0.168 e. The van der Waals surface area contributed by atoms with Gasteiger partial charge in [0.1, 0.15) is 0 Å². The fourth-order valence-electron chi connectivity index (χ4n) is 4.32. The lowest BCUT2D eigenvalue weighted by Gasteiger charge is -2.25. The first-order chi connectivity index (χ1) is 13.3. The molecule has 0 bridgehead atoms. The molecule has 0 spiro atoms. The van der Waals surface area contributed by atoms with Crippen LogP contribution in [-0.4, -0.2) is 19.0 Å². The molecule has 0 N–H and O–H groups in total. The summed E-state index contributed by atoms with van der Waals surface area (Å²) in [5.41, 5.74) is 0. The van der Waals surface area contributed by atoms with Gasteiger partial charge in [0.15, 0.2) is 5.79 Å². The first-order valence-corrected chi connectivity index (χ1v) is 12.6. The van der Waals surface area contributed by atoms with Crippen LogP contribution < -0.4 is 0 Å². The van der Waals surface area contributed by atoms with Crippen molar-refractivity contribution in [2.45, 2.75) is 148 Å². The molecule has 2 heteroatoms. The van der Waals surface area contributed by atoms with Crippen LogP contribution in [0.15, 0.2) is 0 Å². The quantitative estimate of drug-likeness (QED) is 0.196. The highest BCUT2D eigenvalue weighted by atomic mass is 16.7. The minimum Gasteiger partial charge on any atom is -0.348 e. The van der Waals surface area contributed by atoms with Gasteiger partial charge in [-0.25, -0.2) is 0 Å². The van der Waals surface area contributed by atoms with Crippen molar-refractivity contribution < 1.29 is 9.47 Å². The fraction of sp³-hybridized carbons (Fsp3) is 1.00. The second-order valence-electron chi connectivity index (χ2n) is 8.72. The molecule has 1 aliphatic heterocycles. The van der Waals surface area contributed by atoms with Crippen molar-refractivity contribution in [2.75, 3.05) is 13.2 Å². The van der Waals surface area contributed by atoms with E-state index < -0.39 is 0 Å². The average Bonchev–Trinajstić information content (AvgIpc) is 3.16. The van der Waals surface area contributed by atoms with Crippen LogP contribution >= 0.6 is 0 Å². The lowest BCUT2D eigenvalue weighted by Crippen LogP contribution is -2.28. The van der Waals surface area contributed by atoms with Crippen LogP contribution in [0.1, 0.15) is 142 Å². The molecular weight excluding hydrogens is 332 g/mol. The highest BCUT2D eigenvalue weighted by Gasteiger charge is 2.33. The summed E-state index contributed by atoms with van der Waals surface area (Å²) in [5.74, 6) is -0.227. The molecule has 0 saturated carbocycles. The van der Waals surface area contributed by atoms with Crippen LogP contribution in [0.4, 0.5) is 0 Å². The zero-order chi connectivity index (χ0) is 19.5. The second kappa shape index (κ2) is 18.0. The first kappa shape index (κ1) is 25.0. The van der Waals surface area contributed by atoms with Crippen molar-refractivity contribution in [3.63, 3.8) is 0 Å². The standard InChI is InChI=1S/C25H50O2/c1-3-5-6-7-8-9-10-11-12-13-14-15-16-17-18-19-20-21-22-25(4-2)26-23-24-27-25/h3-24H2,1-2H3. The number of hydrogen-bond acceptors (Lipinski definition) is 2. The maximum absolute atomic E-state index is 5.80. The van der Waals surface area contributed by atoms with E-state index in [2.05, 4.69) is 13.8 Å². The van der Waals surface area contributed by atoms with Crippen molar-refractivity contribution in [2.24, 2.45) is 0 Å². The predicted octanol–water partition coefficient (Wildman–Crippen LogP) is 8.57. The summed E-state index contributed by atoms with van der Waals surface area (Å²) in [5, 5.41) is 0. The first-order valence-electron chi connectivity index (χ1n) is 12.6. The normalized spacial score (nSPS) is 16.2. The summed E-state index contributed by atoms with van der Waals surface area (Å²) < 4.78 is 11.6. The fourth-order valence-corrected chi connectivity index (χ4v) is 4.32. The van der Waals surface area contributed by atoms with Gasteiger partial charge in [0.2, 0.25) is 0 Å². The van der Waals surface area contributed by atoms with Crippen LogP contribution in [0.5, 0.6) is 0 Å². The Morgan fingerprint density at radius 2 is 0.815 bits per heavy atom. The zero-order valence-corrected chi connectivity index (χ0v) is 18.9. The van der Waals surface area contributed by atoms with E-state index in [4.69, 9.17) is 9.47 Å². The summed E-state index contributed by atoms with van der Waals surface area (Å²) in [6.45, 7) is 6.05. The highest BCUT2D eigenvalue weighted by Crippen LogP contribution is 2.29. The minimum absolute atomic E-state index is 0.227. The van der Waals surface area contributed by atoms with Crippen LogP contribution in [0.2, 0.25) is 0 Å². The van der Waals surface area contributed by atoms with Crippen LogP contribution in [0.3, 0.4) is 0 Å². The van der Waals surface area contributed by atoms with Crippen LogP contribution in [0, 0.1) is 0 Å². The van der Waals surface area contributed by atoms with E-state index in [1.807, 2.05) is 0 Å². The molecule has 1 heterocycles. The number of hydrogen-bond donors (Lipinski definition) is 0. The van der Waals surface area contributed by atoms with Gasteiger partial charge in [-0.2, -0.15) is 0 Å². The SMILES string of the molecule is CCCCCCCCCCCCCCCCCCCCC1(CC)OCCO1. The summed E-state index contributed by atoms with van der Waals surface area (Å²) in [6.07, 6.45) is 27.8. The summed E-state index contributed by atoms with van der Waals surface area (Å²) in [4.78, 5) is 0. The summed E-state index contributed by atoms with van der Waals surface area (Å²) in [6, 6.07) is 0. The molecule has 2 nitrogen and oxygen atoms in total. The molecule has 162 valence electrons. The molecule has 1 fully saturated rings. The minimum atomic E-state index is -0.227. The Hall–Kier alpha value is -0.0800.